The van der Waals surface area contributed by atoms with Crippen LogP contribution >= 0.6 is 34.2 Å². The Bertz CT molecular complexity index is 877. The molecule has 0 aliphatic rings. The van der Waals surface area contributed by atoms with Crippen molar-refractivity contribution in [3.05, 3.63) is 55.3 Å². The number of aromatic hydroxyl groups is 1. The number of nitrogens with one attached hydrogen (secondary N) is 1. The number of aromatic nitrogens is 2. The average Bonchev–Trinajstić information content (AvgIpc) is 2.42. The summed E-state index contributed by atoms with van der Waals surface area (Å²) in [7, 11) is 0. The molecule has 0 amide bonds. The summed E-state index contributed by atoms with van der Waals surface area (Å²) in [5.74, 6) is 0.405. The third kappa shape index (κ3) is 2.38. The van der Waals surface area contributed by atoms with Crippen molar-refractivity contribution >= 4 is 45.1 Å². The van der Waals surface area contributed by atoms with Crippen LogP contribution < -0.4 is 5.56 Å². The Balaban J connectivity index is 2.30. The summed E-state index contributed by atoms with van der Waals surface area (Å²) in [6, 6.07) is 10.0. The standard InChI is InChI=1S/C14H8ClIN2O2/c15-7-1-3-11-9(5-7)14(20)18-13(17-11)10-6-8(16)2-4-12(10)19/h1-6,19H,(H,17,18,20). The van der Waals surface area contributed by atoms with Crippen molar-refractivity contribution in [3.63, 3.8) is 0 Å². The van der Waals surface area contributed by atoms with Crippen LogP contribution in [-0.4, -0.2) is 15.1 Å². The van der Waals surface area contributed by atoms with Crippen LogP contribution in [0.25, 0.3) is 22.3 Å². The highest BCUT2D eigenvalue weighted by molar-refractivity contribution is 14.1. The van der Waals surface area contributed by atoms with Gasteiger partial charge in [0.25, 0.3) is 5.56 Å². The van der Waals surface area contributed by atoms with Gasteiger partial charge in [-0.3, -0.25) is 4.79 Å². The lowest BCUT2D eigenvalue weighted by Gasteiger charge is -2.06. The lowest BCUT2D eigenvalue weighted by molar-refractivity contribution is 0.477. The number of rotatable bonds is 1. The van der Waals surface area contributed by atoms with Gasteiger partial charge in [0.05, 0.1) is 16.5 Å². The number of hydrogen-bond acceptors (Lipinski definition) is 3. The monoisotopic (exact) mass is 398 g/mol. The molecule has 0 unspecified atom stereocenters. The zero-order valence-electron chi connectivity index (χ0n) is 10.0. The fourth-order valence-corrected chi connectivity index (χ4v) is 2.60. The second kappa shape index (κ2) is 5.06. The van der Waals surface area contributed by atoms with Crippen LogP contribution in [0.2, 0.25) is 5.02 Å². The molecule has 0 radical (unpaired) electrons. The van der Waals surface area contributed by atoms with E-state index in [2.05, 4.69) is 32.6 Å². The molecule has 4 nitrogen and oxygen atoms in total. The first-order valence-electron chi connectivity index (χ1n) is 5.73. The van der Waals surface area contributed by atoms with Gasteiger partial charge >= 0.3 is 0 Å². The van der Waals surface area contributed by atoms with Gasteiger partial charge in [-0.1, -0.05) is 11.6 Å². The van der Waals surface area contributed by atoms with Gasteiger partial charge in [0.15, 0.2) is 0 Å². The van der Waals surface area contributed by atoms with Crippen LogP contribution in [0, 0.1) is 3.57 Å². The van der Waals surface area contributed by atoms with Gasteiger partial charge in [-0.15, -0.1) is 0 Å². The lowest BCUT2D eigenvalue weighted by atomic mass is 10.1. The highest BCUT2D eigenvalue weighted by Crippen LogP contribution is 2.28. The van der Waals surface area contributed by atoms with Gasteiger partial charge in [0, 0.05) is 8.59 Å². The predicted octanol–water partition coefficient (Wildman–Crippen LogP) is 3.55. The number of benzene rings is 2. The topological polar surface area (TPSA) is 66.0 Å². The highest BCUT2D eigenvalue weighted by Gasteiger charge is 2.10. The van der Waals surface area contributed by atoms with Crippen molar-refractivity contribution in [2.75, 3.05) is 0 Å². The molecular weight excluding hydrogens is 391 g/mol. The van der Waals surface area contributed by atoms with E-state index in [9.17, 15) is 9.90 Å². The van der Waals surface area contributed by atoms with E-state index in [1.54, 1.807) is 36.4 Å². The van der Waals surface area contributed by atoms with Crippen LogP contribution in [0.1, 0.15) is 0 Å². The van der Waals surface area contributed by atoms with Gasteiger partial charge in [-0.05, 0) is 59.0 Å². The molecule has 0 spiro atoms. The minimum atomic E-state index is -0.286. The van der Waals surface area contributed by atoms with Crippen LogP contribution in [0.4, 0.5) is 0 Å². The van der Waals surface area contributed by atoms with E-state index >= 15 is 0 Å². The van der Waals surface area contributed by atoms with Gasteiger partial charge in [-0.2, -0.15) is 0 Å². The Morgan fingerprint density at radius 3 is 2.80 bits per heavy atom. The first-order valence-corrected chi connectivity index (χ1v) is 7.19. The summed E-state index contributed by atoms with van der Waals surface area (Å²) in [4.78, 5) is 19.1. The van der Waals surface area contributed by atoms with E-state index in [1.165, 1.54) is 0 Å². The highest BCUT2D eigenvalue weighted by atomic mass is 127. The van der Waals surface area contributed by atoms with Crippen molar-refractivity contribution in [1.29, 1.82) is 0 Å². The number of phenols is 1. The first kappa shape index (κ1) is 13.4. The molecule has 3 rings (SSSR count). The Hall–Kier alpha value is -1.60. The Kier molecular flexibility index (Phi) is 3.39. The fourth-order valence-electron chi connectivity index (χ4n) is 1.94. The molecule has 0 fully saturated rings. The molecule has 0 bridgehead atoms. The number of nitrogens with zero attached hydrogens (tertiary/aromatic N) is 1. The zero-order valence-corrected chi connectivity index (χ0v) is 12.9. The quantitative estimate of drug-likeness (QED) is 0.616. The van der Waals surface area contributed by atoms with Crippen molar-refractivity contribution in [2.24, 2.45) is 0 Å². The third-order valence-corrected chi connectivity index (χ3v) is 3.79. The molecule has 2 N–H and O–H groups in total. The first-order chi connectivity index (χ1) is 9.54. The summed E-state index contributed by atoms with van der Waals surface area (Å²) >= 11 is 8.00. The summed E-state index contributed by atoms with van der Waals surface area (Å²) in [5, 5.41) is 10.8. The maximum Gasteiger partial charge on any atom is 0.259 e. The number of halogens is 2. The Morgan fingerprint density at radius 1 is 1.20 bits per heavy atom. The summed E-state index contributed by atoms with van der Waals surface area (Å²) in [6.45, 7) is 0. The van der Waals surface area contributed by atoms with E-state index in [0.29, 0.717) is 27.3 Å². The number of aromatic amines is 1. The summed E-state index contributed by atoms with van der Waals surface area (Å²) < 4.78 is 0.939. The number of hydrogen-bond donors (Lipinski definition) is 2. The van der Waals surface area contributed by atoms with Crippen molar-refractivity contribution < 1.29 is 5.11 Å². The molecule has 0 aliphatic carbocycles. The molecule has 0 atom stereocenters. The van der Waals surface area contributed by atoms with Gasteiger partial charge in [-0.25, -0.2) is 4.98 Å². The molecule has 0 aliphatic heterocycles. The summed E-state index contributed by atoms with van der Waals surface area (Å²) in [6.07, 6.45) is 0. The van der Waals surface area contributed by atoms with Crippen LogP contribution in [-0.2, 0) is 0 Å². The zero-order chi connectivity index (χ0) is 14.3. The van der Waals surface area contributed by atoms with E-state index in [1.807, 2.05) is 0 Å². The molecular formula is C14H8ClIN2O2. The largest absolute Gasteiger partial charge is 0.507 e. The molecule has 0 saturated heterocycles. The van der Waals surface area contributed by atoms with Crippen molar-refractivity contribution in [1.82, 2.24) is 9.97 Å². The Labute approximate surface area is 132 Å². The minimum absolute atomic E-state index is 0.0712. The van der Waals surface area contributed by atoms with Gasteiger partial charge in [0.2, 0.25) is 0 Å². The summed E-state index contributed by atoms with van der Waals surface area (Å²) in [5.41, 5.74) is 0.739. The molecule has 20 heavy (non-hydrogen) atoms. The lowest BCUT2D eigenvalue weighted by Crippen LogP contribution is -2.09. The average molecular weight is 399 g/mol. The predicted molar refractivity (Wildman–Crippen MR) is 87.2 cm³/mol. The molecule has 2 aromatic carbocycles. The maximum atomic E-state index is 12.1. The van der Waals surface area contributed by atoms with E-state index < -0.39 is 0 Å². The Morgan fingerprint density at radius 2 is 2.00 bits per heavy atom. The number of fused-ring (bicyclic) bond motifs is 1. The fraction of sp³-hybridized carbons (Fsp3) is 0. The smallest absolute Gasteiger partial charge is 0.259 e. The molecule has 1 heterocycles. The third-order valence-electron chi connectivity index (χ3n) is 2.88. The minimum Gasteiger partial charge on any atom is -0.507 e. The van der Waals surface area contributed by atoms with Crippen LogP contribution in [0.15, 0.2) is 41.2 Å². The molecule has 6 heteroatoms. The van der Waals surface area contributed by atoms with Crippen LogP contribution in [0.3, 0.4) is 0 Å². The second-order valence-electron chi connectivity index (χ2n) is 4.24. The second-order valence-corrected chi connectivity index (χ2v) is 5.92. The molecule has 100 valence electrons. The van der Waals surface area contributed by atoms with Gasteiger partial charge in [0.1, 0.15) is 11.6 Å². The van der Waals surface area contributed by atoms with E-state index in [-0.39, 0.29) is 11.3 Å². The maximum absolute atomic E-state index is 12.1. The number of H-pyrrole nitrogens is 1. The van der Waals surface area contributed by atoms with Crippen molar-refractivity contribution in [2.45, 2.75) is 0 Å². The molecule has 1 aromatic heterocycles. The van der Waals surface area contributed by atoms with Crippen molar-refractivity contribution in [3.8, 4) is 17.1 Å². The van der Waals surface area contributed by atoms with Crippen LogP contribution in [0.5, 0.6) is 5.75 Å². The number of phenolic OH excluding ortho intramolecular Hbond substituents is 1. The SMILES string of the molecule is O=c1[nH]c(-c2cc(I)ccc2O)nc2ccc(Cl)cc12. The van der Waals surface area contributed by atoms with Gasteiger partial charge < -0.3 is 10.1 Å². The normalized spacial score (nSPS) is 10.9. The molecule has 3 aromatic rings. The molecule has 0 saturated carbocycles. The van der Waals surface area contributed by atoms with E-state index in [0.717, 1.165) is 3.57 Å². The van der Waals surface area contributed by atoms with E-state index in [4.69, 9.17) is 11.6 Å².